The van der Waals surface area contributed by atoms with Crippen LogP contribution < -0.4 is 0 Å². The molecule has 0 heterocycles. The SMILES string of the molecule is CCO[Si](C)(CCCCC(=O)c1ccccc1C(=O)O)OCC. The van der Waals surface area contributed by atoms with Gasteiger partial charge in [-0.05, 0) is 38.9 Å². The number of carboxylic acid groups (broad SMARTS) is 1. The van der Waals surface area contributed by atoms with Gasteiger partial charge in [0.05, 0.1) is 5.56 Å². The van der Waals surface area contributed by atoms with Crippen molar-refractivity contribution < 1.29 is 23.5 Å². The summed E-state index contributed by atoms with van der Waals surface area (Å²) in [5, 5.41) is 9.13. The molecule has 0 aliphatic rings. The zero-order chi connectivity index (χ0) is 17.3. The van der Waals surface area contributed by atoms with Crippen LogP contribution in [0.2, 0.25) is 12.6 Å². The second-order valence-corrected chi connectivity index (χ2v) is 8.83. The molecule has 0 saturated heterocycles. The van der Waals surface area contributed by atoms with Crippen LogP contribution in [-0.2, 0) is 8.85 Å². The molecule has 0 amide bonds. The van der Waals surface area contributed by atoms with Gasteiger partial charge in [-0.3, -0.25) is 4.79 Å². The van der Waals surface area contributed by atoms with Gasteiger partial charge in [0, 0.05) is 25.2 Å². The van der Waals surface area contributed by atoms with Gasteiger partial charge in [0.15, 0.2) is 5.78 Å². The molecule has 0 radical (unpaired) electrons. The zero-order valence-electron chi connectivity index (χ0n) is 14.1. The zero-order valence-corrected chi connectivity index (χ0v) is 15.1. The number of carboxylic acids is 1. The van der Waals surface area contributed by atoms with Gasteiger partial charge in [-0.15, -0.1) is 0 Å². The molecule has 0 aliphatic carbocycles. The maximum Gasteiger partial charge on any atom is 0.336 e. The average molecular weight is 338 g/mol. The Labute approximate surface area is 138 Å². The smallest absolute Gasteiger partial charge is 0.336 e. The van der Waals surface area contributed by atoms with Crippen LogP contribution in [0.5, 0.6) is 0 Å². The van der Waals surface area contributed by atoms with Crippen molar-refractivity contribution in [2.24, 2.45) is 0 Å². The summed E-state index contributed by atoms with van der Waals surface area (Å²) in [6.07, 6.45) is 1.88. The summed E-state index contributed by atoms with van der Waals surface area (Å²) in [6.45, 7) is 7.22. The van der Waals surface area contributed by atoms with Crippen molar-refractivity contribution in [2.75, 3.05) is 13.2 Å². The van der Waals surface area contributed by atoms with Crippen LogP contribution >= 0.6 is 0 Å². The summed E-state index contributed by atoms with van der Waals surface area (Å²) in [4.78, 5) is 23.4. The monoisotopic (exact) mass is 338 g/mol. The molecule has 0 atom stereocenters. The van der Waals surface area contributed by atoms with Crippen LogP contribution in [0.25, 0.3) is 0 Å². The topological polar surface area (TPSA) is 72.8 Å². The van der Waals surface area contributed by atoms with Crippen LogP contribution in [-0.4, -0.2) is 38.6 Å². The first-order chi connectivity index (χ1) is 10.9. The van der Waals surface area contributed by atoms with Gasteiger partial charge < -0.3 is 14.0 Å². The Morgan fingerprint density at radius 1 is 1.04 bits per heavy atom. The Hall–Kier alpha value is -1.50. The van der Waals surface area contributed by atoms with Gasteiger partial charge in [-0.25, -0.2) is 4.79 Å². The molecular weight excluding hydrogens is 312 g/mol. The number of rotatable bonds is 11. The standard InChI is InChI=1S/C17H26O5Si/c1-4-21-23(3,22-5-2)13-9-8-12-16(18)14-10-6-7-11-15(14)17(19)20/h6-7,10-11H,4-5,8-9,12-13H2,1-3H3,(H,19,20). The Morgan fingerprint density at radius 3 is 2.13 bits per heavy atom. The maximum atomic E-state index is 12.2. The third-order valence-corrected chi connectivity index (χ3v) is 6.70. The van der Waals surface area contributed by atoms with Crippen LogP contribution in [0.3, 0.4) is 0 Å². The van der Waals surface area contributed by atoms with Crippen LogP contribution in [0, 0.1) is 0 Å². The van der Waals surface area contributed by atoms with Crippen molar-refractivity contribution in [3.05, 3.63) is 35.4 Å². The fourth-order valence-corrected chi connectivity index (χ4v) is 5.06. The lowest BCUT2D eigenvalue weighted by Crippen LogP contribution is -2.38. The number of aromatic carboxylic acids is 1. The summed E-state index contributed by atoms with van der Waals surface area (Å²) in [5.74, 6) is -1.19. The summed E-state index contributed by atoms with van der Waals surface area (Å²) in [5.41, 5.74) is 0.356. The van der Waals surface area contributed by atoms with Gasteiger partial charge >= 0.3 is 14.5 Å². The minimum absolute atomic E-state index is 0.0698. The van der Waals surface area contributed by atoms with Crippen molar-refractivity contribution in [1.29, 1.82) is 0 Å². The number of ketones is 1. The third-order valence-electron chi connectivity index (χ3n) is 3.64. The minimum atomic E-state index is -2.13. The van der Waals surface area contributed by atoms with E-state index in [0.717, 1.165) is 12.5 Å². The van der Waals surface area contributed by atoms with Crippen molar-refractivity contribution in [1.82, 2.24) is 0 Å². The highest BCUT2D eigenvalue weighted by Gasteiger charge is 2.29. The van der Waals surface area contributed by atoms with Gasteiger partial charge in [0.25, 0.3) is 0 Å². The van der Waals surface area contributed by atoms with Crippen molar-refractivity contribution in [3.8, 4) is 0 Å². The van der Waals surface area contributed by atoms with Crippen molar-refractivity contribution >= 4 is 20.3 Å². The number of Topliss-reactive ketones (excluding diaryl/α,β-unsaturated/α-hetero) is 1. The van der Waals surface area contributed by atoms with E-state index in [1.165, 1.54) is 6.07 Å². The molecule has 0 fully saturated rings. The number of hydrogen-bond acceptors (Lipinski definition) is 4. The van der Waals surface area contributed by atoms with Crippen LogP contribution in [0.15, 0.2) is 24.3 Å². The first-order valence-corrected chi connectivity index (χ1v) is 10.6. The highest BCUT2D eigenvalue weighted by Crippen LogP contribution is 2.19. The van der Waals surface area contributed by atoms with Gasteiger partial charge in [0.1, 0.15) is 0 Å². The minimum Gasteiger partial charge on any atom is -0.478 e. The van der Waals surface area contributed by atoms with Crippen LogP contribution in [0.1, 0.15) is 53.8 Å². The second kappa shape index (κ2) is 9.59. The second-order valence-electron chi connectivity index (χ2n) is 5.48. The molecule has 1 N–H and O–H groups in total. The first-order valence-electron chi connectivity index (χ1n) is 8.07. The molecule has 0 spiro atoms. The molecule has 0 bridgehead atoms. The molecular formula is C17H26O5Si. The van der Waals surface area contributed by atoms with E-state index in [1.807, 2.05) is 20.4 Å². The first kappa shape index (κ1) is 19.5. The number of carbonyl (C=O) groups is 2. The Kier molecular flexibility index (Phi) is 8.15. The molecule has 6 heteroatoms. The number of hydrogen-bond donors (Lipinski definition) is 1. The lowest BCUT2D eigenvalue weighted by molar-refractivity contribution is 0.0691. The number of unbranched alkanes of at least 4 members (excludes halogenated alkanes) is 1. The predicted molar refractivity (Wildman–Crippen MR) is 91.3 cm³/mol. The normalized spacial score (nSPS) is 11.4. The summed E-state index contributed by atoms with van der Waals surface area (Å²) >= 11 is 0. The maximum absolute atomic E-state index is 12.2. The van der Waals surface area contributed by atoms with E-state index in [9.17, 15) is 9.59 Å². The predicted octanol–water partition coefficient (Wildman–Crippen LogP) is 3.88. The molecule has 0 aromatic heterocycles. The summed E-state index contributed by atoms with van der Waals surface area (Å²) < 4.78 is 11.5. The quantitative estimate of drug-likeness (QED) is 0.376. The molecule has 0 saturated carbocycles. The number of carbonyl (C=O) groups excluding carboxylic acids is 1. The molecule has 1 rings (SSSR count). The largest absolute Gasteiger partial charge is 0.478 e. The van der Waals surface area contributed by atoms with Gasteiger partial charge in [0.2, 0.25) is 0 Å². The van der Waals surface area contributed by atoms with E-state index in [4.69, 9.17) is 14.0 Å². The Balaban J connectivity index is 2.53. The Bertz CT molecular complexity index is 523. The van der Waals surface area contributed by atoms with E-state index in [1.54, 1.807) is 18.2 Å². The van der Waals surface area contributed by atoms with Gasteiger partial charge in [-0.1, -0.05) is 24.6 Å². The Morgan fingerprint density at radius 2 is 1.61 bits per heavy atom. The lowest BCUT2D eigenvalue weighted by atomic mass is 10.0. The molecule has 128 valence electrons. The van der Waals surface area contributed by atoms with E-state index in [2.05, 4.69) is 0 Å². The van der Waals surface area contributed by atoms with E-state index >= 15 is 0 Å². The van der Waals surface area contributed by atoms with E-state index < -0.39 is 14.5 Å². The van der Waals surface area contributed by atoms with Gasteiger partial charge in [-0.2, -0.15) is 0 Å². The molecule has 1 aromatic carbocycles. The number of benzene rings is 1. The average Bonchev–Trinajstić information content (AvgIpc) is 2.52. The molecule has 0 aliphatic heterocycles. The van der Waals surface area contributed by atoms with Crippen LogP contribution in [0.4, 0.5) is 0 Å². The summed E-state index contributed by atoms with van der Waals surface area (Å²) in [6, 6.07) is 7.19. The molecule has 0 unspecified atom stereocenters. The summed E-state index contributed by atoms with van der Waals surface area (Å²) in [7, 11) is -2.13. The molecule has 1 aromatic rings. The fourth-order valence-electron chi connectivity index (χ4n) is 2.58. The highest BCUT2D eigenvalue weighted by atomic mass is 28.4. The van der Waals surface area contributed by atoms with Crippen molar-refractivity contribution in [3.63, 3.8) is 0 Å². The third kappa shape index (κ3) is 6.25. The van der Waals surface area contributed by atoms with E-state index in [0.29, 0.717) is 26.1 Å². The van der Waals surface area contributed by atoms with Crippen molar-refractivity contribution in [2.45, 2.75) is 45.7 Å². The highest BCUT2D eigenvalue weighted by molar-refractivity contribution is 6.66. The molecule has 5 nitrogen and oxygen atoms in total. The van der Waals surface area contributed by atoms with E-state index in [-0.39, 0.29) is 16.9 Å². The fraction of sp³-hybridized carbons (Fsp3) is 0.529. The molecule has 23 heavy (non-hydrogen) atoms. The lowest BCUT2D eigenvalue weighted by Gasteiger charge is -2.25.